The summed E-state index contributed by atoms with van der Waals surface area (Å²) in [6, 6.07) is 5.35. The minimum absolute atomic E-state index is 0.0448. The Kier molecular flexibility index (Phi) is 3.91. The van der Waals surface area contributed by atoms with Gasteiger partial charge in [0, 0.05) is 6.20 Å². The molecule has 2 N–H and O–H groups in total. The Hall–Kier alpha value is -1.08. The highest BCUT2D eigenvalue weighted by molar-refractivity contribution is 14.1. The monoisotopic (exact) mass is 375 g/mol. The van der Waals surface area contributed by atoms with Gasteiger partial charge in [-0.05, 0) is 47.2 Å². The average molecular weight is 376 g/mol. The fourth-order valence-corrected chi connectivity index (χ4v) is 2.16. The number of aromatic nitrogens is 2. The quantitative estimate of drug-likeness (QED) is 0.648. The zero-order valence-electron chi connectivity index (χ0n) is 9.65. The SMILES string of the molecule is Cc1ncc(I)c(=O)n1Cc1ccc(Cl)c(N)c1. The van der Waals surface area contributed by atoms with Gasteiger partial charge in [0.2, 0.25) is 0 Å². The molecule has 0 unspecified atom stereocenters. The van der Waals surface area contributed by atoms with Crippen LogP contribution in [0, 0.1) is 10.5 Å². The van der Waals surface area contributed by atoms with E-state index in [0.29, 0.717) is 26.6 Å². The lowest BCUT2D eigenvalue weighted by molar-refractivity contribution is 0.695. The van der Waals surface area contributed by atoms with Crippen LogP contribution in [0.25, 0.3) is 0 Å². The van der Waals surface area contributed by atoms with E-state index >= 15 is 0 Å². The van der Waals surface area contributed by atoms with E-state index in [4.69, 9.17) is 17.3 Å². The maximum atomic E-state index is 12.0. The number of rotatable bonds is 2. The number of hydrogen-bond donors (Lipinski definition) is 1. The van der Waals surface area contributed by atoms with Crippen LogP contribution in [0.15, 0.2) is 29.2 Å². The van der Waals surface area contributed by atoms with Gasteiger partial charge in [0.05, 0.1) is 20.8 Å². The summed E-state index contributed by atoms with van der Waals surface area (Å²) in [5.41, 5.74) is 7.13. The van der Waals surface area contributed by atoms with Gasteiger partial charge in [-0.1, -0.05) is 17.7 Å². The van der Waals surface area contributed by atoms with Gasteiger partial charge < -0.3 is 5.73 Å². The summed E-state index contributed by atoms with van der Waals surface area (Å²) in [6.07, 6.45) is 1.57. The Morgan fingerprint density at radius 2 is 2.22 bits per heavy atom. The Balaban J connectivity index is 2.43. The van der Waals surface area contributed by atoms with Crippen LogP contribution in [-0.4, -0.2) is 9.55 Å². The smallest absolute Gasteiger partial charge is 0.267 e. The van der Waals surface area contributed by atoms with Crippen LogP contribution in [0.1, 0.15) is 11.4 Å². The molecule has 4 nitrogen and oxygen atoms in total. The Bertz CT molecular complexity index is 654. The van der Waals surface area contributed by atoms with E-state index in [1.165, 1.54) is 0 Å². The molecule has 2 aromatic rings. The van der Waals surface area contributed by atoms with Crippen molar-refractivity contribution in [2.24, 2.45) is 0 Å². The molecule has 0 fully saturated rings. The molecule has 1 aromatic carbocycles. The first-order valence-electron chi connectivity index (χ1n) is 5.25. The molecule has 0 saturated heterocycles. The predicted molar refractivity (Wildman–Crippen MR) is 80.9 cm³/mol. The van der Waals surface area contributed by atoms with Crippen molar-refractivity contribution >= 4 is 39.9 Å². The molecule has 6 heteroatoms. The first-order valence-corrected chi connectivity index (χ1v) is 6.70. The second-order valence-corrected chi connectivity index (χ2v) is 5.47. The summed E-state index contributed by atoms with van der Waals surface area (Å²) in [6.45, 7) is 2.24. The van der Waals surface area contributed by atoms with Crippen molar-refractivity contribution in [3.8, 4) is 0 Å². The molecule has 0 atom stereocenters. The lowest BCUT2D eigenvalue weighted by Crippen LogP contribution is -2.26. The maximum Gasteiger partial charge on any atom is 0.267 e. The number of anilines is 1. The van der Waals surface area contributed by atoms with Crippen molar-refractivity contribution < 1.29 is 0 Å². The molecule has 94 valence electrons. The summed E-state index contributed by atoms with van der Waals surface area (Å²) in [5, 5.41) is 0.517. The number of nitrogens with two attached hydrogens (primary N) is 1. The van der Waals surface area contributed by atoms with Crippen LogP contribution in [0.5, 0.6) is 0 Å². The van der Waals surface area contributed by atoms with Gasteiger partial charge in [0.1, 0.15) is 5.82 Å². The Morgan fingerprint density at radius 3 is 2.89 bits per heavy atom. The first kappa shape index (κ1) is 13.4. The minimum atomic E-state index is -0.0448. The zero-order valence-corrected chi connectivity index (χ0v) is 12.6. The molecule has 18 heavy (non-hydrogen) atoms. The lowest BCUT2D eigenvalue weighted by atomic mass is 10.2. The third-order valence-electron chi connectivity index (χ3n) is 2.61. The van der Waals surface area contributed by atoms with Crippen LogP contribution < -0.4 is 11.3 Å². The molecule has 0 saturated carbocycles. The molecule has 0 bridgehead atoms. The molecule has 0 aliphatic carbocycles. The van der Waals surface area contributed by atoms with Crippen LogP contribution >= 0.6 is 34.2 Å². The number of benzene rings is 1. The number of nitrogens with zero attached hydrogens (tertiary/aromatic N) is 2. The summed E-state index contributed by atoms with van der Waals surface area (Å²) in [4.78, 5) is 16.2. The number of aryl methyl sites for hydroxylation is 1. The van der Waals surface area contributed by atoms with Gasteiger partial charge in [0.25, 0.3) is 5.56 Å². The third kappa shape index (κ3) is 2.67. The van der Waals surface area contributed by atoms with Gasteiger partial charge in [0.15, 0.2) is 0 Å². The molecular formula is C12H11ClIN3O. The second kappa shape index (κ2) is 5.27. The molecule has 0 spiro atoms. The zero-order chi connectivity index (χ0) is 13.3. The number of hydrogen-bond acceptors (Lipinski definition) is 3. The highest BCUT2D eigenvalue weighted by Crippen LogP contribution is 2.19. The summed E-state index contributed by atoms with van der Waals surface area (Å²) in [5.74, 6) is 0.675. The van der Waals surface area contributed by atoms with Crippen LogP contribution in [-0.2, 0) is 6.54 Å². The molecular weight excluding hydrogens is 365 g/mol. The van der Waals surface area contributed by atoms with Crippen molar-refractivity contribution in [2.75, 3.05) is 5.73 Å². The third-order valence-corrected chi connectivity index (χ3v) is 3.69. The van der Waals surface area contributed by atoms with E-state index in [1.54, 1.807) is 29.8 Å². The topological polar surface area (TPSA) is 60.9 Å². The first-order chi connectivity index (χ1) is 8.49. The van der Waals surface area contributed by atoms with Gasteiger partial charge in [-0.25, -0.2) is 4.98 Å². The Labute approximate surface area is 123 Å². The van der Waals surface area contributed by atoms with E-state index in [-0.39, 0.29) is 5.56 Å². The van der Waals surface area contributed by atoms with Gasteiger partial charge in [-0.3, -0.25) is 9.36 Å². The van der Waals surface area contributed by atoms with Gasteiger partial charge >= 0.3 is 0 Å². The molecule has 0 aliphatic rings. The summed E-state index contributed by atoms with van der Waals surface area (Å²) >= 11 is 7.84. The van der Waals surface area contributed by atoms with Crippen molar-refractivity contribution in [2.45, 2.75) is 13.5 Å². The van der Waals surface area contributed by atoms with Crippen LogP contribution in [0.3, 0.4) is 0 Å². The van der Waals surface area contributed by atoms with Crippen LogP contribution in [0.2, 0.25) is 5.02 Å². The lowest BCUT2D eigenvalue weighted by Gasteiger charge is -2.10. The molecule has 0 aliphatic heterocycles. The molecule has 0 amide bonds. The standard InChI is InChI=1S/C12H11ClIN3O/c1-7-16-5-10(14)12(18)17(7)6-8-2-3-9(13)11(15)4-8/h2-5H,6,15H2,1H3. The largest absolute Gasteiger partial charge is 0.398 e. The number of nitrogen functional groups attached to an aromatic ring is 1. The van der Waals surface area contributed by atoms with Crippen molar-refractivity contribution in [1.82, 2.24) is 9.55 Å². The summed E-state index contributed by atoms with van der Waals surface area (Å²) < 4.78 is 2.21. The molecule has 1 heterocycles. The molecule has 1 aromatic heterocycles. The molecule has 0 radical (unpaired) electrons. The summed E-state index contributed by atoms with van der Waals surface area (Å²) in [7, 11) is 0. The van der Waals surface area contributed by atoms with Crippen molar-refractivity contribution in [3.05, 3.63) is 54.7 Å². The van der Waals surface area contributed by atoms with Gasteiger partial charge in [-0.2, -0.15) is 0 Å². The maximum absolute atomic E-state index is 12.0. The molecule has 2 rings (SSSR count). The second-order valence-electron chi connectivity index (χ2n) is 3.90. The fourth-order valence-electron chi connectivity index (χ4n) is 1.61. The normalized spacial score (nSPS) is 10.6. The number of halogens is 2. The van der Waals surface area contributed by atoms with E-state index in [1.807, 2.05) is 28.7 Å². The van der Waals surface area contributed by atoms with E-state index < -0.39 is 0 Å². The van der Waals surface area contributed by atoms with E-state index in [2.05, 4.69) is 4.98 Å². The van der Waals surface area contributed by atoms with Crippen molar-refractivity contribution in [1.29, 1.82) is 0 Å². The fraction of sp³-hybridized carbons (Fsp3) is 0.167. The van der Waals surface area contributed by atoms with E-state index in [0.717, 1.165) is 5.56 Å². The highest BCUT2D eigenvalue weighted by Gasteiger charge is 2.07. The Morgan fingerprint density at radius 1 is 1.50 bits per heavy atom. The predicted octanol–water partition coefficient (Wildman–Crippen LogP) is 2.44. The van der Waals surface area contributed by atoms with Gasteiger partial charge in [-0.15, -0.1) is 0 Å². The minimum Gasteiger partial charge on any atom is -0.398 e. The highest BCUT2D eigenvalue weighted by atomic mass is 127. The van der Waals surface area contributed by atoms with Crippen molar-refractivity contribution in [3.63, 3.8) is 0 Å². The average Bonchev–Trinajstić information content (AvgIpc) is 2.34. The van der Waals surface area contributed by atoms with E-state index in [9.17, 15) is 4.79 Å². The van der Waals surface area contributed by atoms with Crippen LogP contribution in [0.4, 0.5) is 5.69 Å².